The molecule has 1 aromatic heterocycles. The van der Waals surface area contributed by atoms with Crippen LogP contribution in [0.25, 0.3) is 0 Å². The van der Waals surface area contributed by atoms with Gasteiger partial charge in [0.05, 0.1) is 6.54 Å². The van der Waals surface area contributed by atoms with Gasteiger partial charge in [-0.15, -0.1) is 0 Å². The van der Waals surface area contributed by atoms with Crippen LogP contribution in [0.5, 0.6) is 0 Å². The molecule has 4 nitrogen and oxygen atoms in total. The maximum Gasteiger partial charge on any atom is 0.263 e. The first-order chi connectivity index (χ1) is 13.5. The maximum absolute atomic E-state index is 13.4. The molecular weight excluding hydrogens is 348 g/mol. The van der Waals surface area contributed by atoms with Crippen molar-refractivity contribution in [3.05, 3.63) is 69.6 Å². The summed E-state index contributed by atoms with van der Waals surface area (Å²) in [6.45, 7) is 4.83. The summed E-state index contributed by atoms with van der Waals surface area (Å²) in [7, 11) is 0. The summed E-state index contributed by atoms with van der Waals surface area (Å²) in [6.07, 6.45) is 8.40. The number of carbonyl (C=O) groups excluding carboxylic acids is 1. The third-order valence-corrected chi connectivity index (χ3v) is 6.24. The molecule has 0 unspecified atom stereocenters. The van der Waals surface area contributed by atoms with Gasteiger partial charge in [0, 0.05) is 18.3 Å². The lowest BCUT2D eigenvalue weighted by atomic mass is 9.86. The molecule has 2 fully saturated rings. The molecule has 148 valence electrons. The van der Waals surface area contributed by atoms with Crippen molar-refractivity contribution in [3.8, 4) is 0 Å². The van der Waals surface area contributed by atoms with Crippen molar-refractivity contribution in [1.82, 2.24) is 9.47 Å². The fraction of sp³-hybridized carbons (Fsp3) is 0.500. The number of carbonyl (C=O) groups is 1. The Labute approximate surface area is 167 Å². The molecule has 4 heteroatoms. The van der Waals surface area contributed by atoms with Crippen LogP contribution in [0.1, 0.15) is 66.9 Å². The Morgan fingerprint density at radius 2 is 1.71 bits per heavy atom. The summed E-state index contributed by atoms with van der Waals surface area (Å²) in [5.74, 6) is 0.682. The van der Waals surface area contributed by atoms with E-state index >= 15 is 0 Å². The first-order valence-electron chi connectivity index (χ1n) is 10.6. The highest BCUT2D eigenvalue weighted by atomic mass is 16.2. The minimum atomic E-state index is -0.177. The van der Waals surface area contributed by atoms with Gasteiger partial charge < -0.3 is 9.47 Å². The number of benzene rings is 1. The molecule has 0 atom stereocenters. The summed E-state index contributed by atoms with van der Waals surface area (Å²) < 4.78 is 1.66. The highest BCUT2D eigenvalue weighted by Crippen LogP contribution is 2.36. The largest absolute Gasteiger partial charge is 0.333 e. The van der Waals surface area contributed by atoms with Crippen LogP contribution >= 0.6 is 0 Å². The molecule has 2 saturated carbocycles. The highest BCUT2D eigenvalue weighted by molar-refractivity contribution is 5.94. The second-order valence-corrected chi connectivity index (χ2v) is 8.70. The number of rotatable bonds is 5. The summed E-state index contributed by atoms with van der Waals surface area (Å²) >= 11 is 0. The van der Waals surface area contributed by atoms with Crippen LogP contribution in [0.15, 0.2) is 47.4 Å². The molecule has 28 heavy (non-hydrogen) atoms. The zero-order chi connectivity index (χ0) is 19.7. The molecule has 0 aliphatic heterocycles. The molecule has 0 saturated heterocycles. The predicted octanol–water partition coefficient (Wildman–Crippen LogP) is 4.39. The summed E-state index contributed by atoms with van der Waals surface area (Å²) in [6, 6.07) is 12.3. The zero-order valence-corrected chi connectivity index (χ0v) is 16.9. The Morgan fingerprint density at radius 3 is 2.36 bits per heavy atom. The van der Waals surface area contributed by atoms with Gasteiger partial charge in [-0.2, -0.15) is 0 Å². The Bertz CT molecular complexity index is 905. The average molecular weight is 379 g/mol. The minimum absolute atomic E-state index is 0.0642. The van der Waals surface area contributed by atoms with Crippen molar-refractivity contribution in [2.75, 3.05) is 0 Å². The molecule has 2 aliphatic carbocycles. The Morgan fingerprint density at radius 1 is 1.04 bits per heavy atom. The van der Waals surface area contributed by atoms with Crippen molar-refractivity contribution in [2.24, 2.45) is 5.92 Å². The molecule has 1 amide bonds. The number of hydrogen-bond acceptors (Lipinski definition) is 2. The van der Waals surface area contributed by atoms with E-state index in [0.717, 1.165) is 37.2 Å². The van der Waals surface area contributed by atoms with Crippen LogP contribution in [0, 0.1) is 12.8 Å². The van der Waals surface area contributed by atoms with Gasteiger partial charge >= 0.3 is 0 Å². The van der Waals surface area contributed by atoms with Crippen molar-refractivity contribution in [3.63, 3.8) is 0 Å². The maximum atomic E-state index is 13.4. The van der Waals surface area contributed by atoms with Crippen molar-refractivity contribution in [2.45, 2.75) is 71.0 Å². The molecular formula is C24H30N2O2. The van der Waals surface area contributed by atoms with E-state index in [0.29, 0.717) is 24.2 Å². The van der Waals surface area contributed by atoms with Crippen LogP contribution < -0.4 is 5.56 Å². The van der Waals surface area contributed by atoms with E-state index in [1.54, 1.807) is 16.8 Å². The molecule has 2 aromatic rings. The van der Waals surface area contributed by atoms with Crippen molar-refractivity contribution >= 4 is 5.91 Å². The number of nitrogens with zero attached hydrogens (tertiary/aromatic N) is 2. The molecule has 2 aliphatic rings. The van der Waals surface area contributed by atoms with Crippen LogP contribution in [0.2, 0.25) is 0 Å². The lowest BCUT2D eigenvalue weighted by Crippen LogP contribution is -2.45. The lowest BCUT2D eigenvalue weighted by molar-refractivity contribution is 0.0590. The average Bonchev–Trinajstić information content (AvgIpc) is 3.50. The summed E-state index contributed by atoms with van der Waals surface area (Å²) in [5.41, 5.74) is 2.39. The van der Waals surface area contributed by atoms with Gasteiger partial charge in [0.25, 0.3) is 11.5 Å². The van der Waals surface area contributed by atoms with E-state index < -0.39 is 0 Å². The summed E-state index contributed by atoms with van der Waals surface area (Å²) in [5, 5.41) is 0. The molecule has 1 aromatic carbocycles. The van der Waals surface area contributed by atoms with E-state index in [-0.39, 0.29) is 11.5 Å². The predicted molar refractivity (Wildman–Crippen MR) is 112 cm³/mol. The van der Waals surface area contributed by atoms with E-state index in [2.05, 4.69) is 17.9 Å². The first kappa shape index (κ1) is 19.0. The van der Waals surface area contributed by atoms with Gasteiger partial charge in [-0.25, -0.2) is 0 Å². The molecule has 0 radical (unpaired) electrons. The third-order valence-electron chi connectivity index (χ3n) is 6.24. The van der Waals surface area contributed by atoms with Gasteiger partial charge in [0.1, 0.15) is 5.56 Å². The van der Waals surface area contributed by atoms with Gasteiger partial charge in [0.2, 0.25) is 0 Å². The van der Waals surface area contributed by atoms with Crippen LogP contribution in [0.3, 0.4) is 0 Å². The number of aromatic nitrogens is 1. The molecule has 4 rings (SSSR count). The standard InChI is InChI=1S/C24H30N2O2/c1-17-8-10-20(11-9-17)26(21-12-13-21)24(28)22-7-4-14-25(23(22)27)16-19-6-3-5-18(2)15-19/h3-7,14-15,17,20-21H,8-13,16H2,1-2H3. The SMILES string of the molecule is Cc1cccc(Cn2cccc(C(=O)N(C3CCC(C)CC3)C3CC3)c2=O)c1. The number of amides is 1. The first-order valence-corrected chi connectivity index (χ1v) is 10.6. The number of aryl methyl sites for hydroxylation is 1. The van der Waals surface area contributed by atoms with E-state index in [4.69, 9.17) is 0 Å². The van der Waals surface area contributed by atoms with E-state index in [9.17, 15) is 9.59 Å². The van der Waals surface area contributed by atoms with Crippen LogP contribution in [-0.2, 0) is 6.54 Å². The van der Waals surface area contributed by atoms with Crippen molar-refractivity contribution in [1.29, 1.82) is 0 Å². The zero-order valence-electron chi connectivity index (χ0n) is 16.9. The Hall–Kier alpha value is -2.36. The molecule has 0 spiro atoms. The number of hydrogen-bond donors (Lipinski definition) is 0. The minimum Gasteiger partial charge on any atom is -0.333 e. The Kier molecular flexibility index (Phi) is 5.38. The van der Waals surface area contributed by atoms with Gasteiger partial charge in [0.15, 0.2) is 0 Å². The lowest BCUT2D eigenvalue weighted by Gasteiger charge is -2.36. The summed E-state index contributed by atoms with van der Waals surface area (Å²) in [4.78, 5) is 28.6. The quantitative estimate of drug-likeness (QED) is 0.774. The molecule has 0 bridgehead atoms. The highest BCUT2D eigenvalue weighted by Gasteiger charge is 2.39. The Balaban J connectivity index is 1.59. The number of pyridine rings is 1. The van der Waals surface area contributed by atoms with Gasteiger partial charge in [-0.1, -0.05) is 36.8 Å². The molecule has 0 N–H and O–H groups in total. The second kappa shape index (κ2) is 7.94. The monoisotopic (exact) mass is 378 g/mol. The van der Waals surface area contributed by atoms with E-state index in [1.807, 2.05) is 31.2 Å². The van der Waals surface area contributed by atoms with Gasteiger partial charge in [-0.3, -0.25) is 9.59 Å². The normalized spacial score (nSPS) is 22.1. The van der Waals surface area contributed by atoms with E-state index in [1.165, 1.54) is 18.4 Å². The van der Waals surface area contributed by atoms with Crippen molar-refractivity contribution < 1.29 is 4.79 Å². The van der Waals surface area contributed by atoms with Gasteiger partial charge in [-0.05, 0) is 69.1 Å². The smallest absolute Gasteiger partial charge is 0.263 e. The molecule has 1 heterocycles. The van der Waals surface area contributed by atoms with Crippen LogP contribution in [0.4, 0.5) is 0 Å². The fourth-order valence-electron chi connectivity index (χ4n) is 4.47. The topological polar surface area (TPSA) is 42.3 Å². The van der Waals surface area contributed by atoms with Crippen LogP contribution in [-0.4, -0.2) is 27.5 Å². The second-order valence-electron chi connectivity index (χ2n) is 8.70. The third kappa shape index (κ3) is 4.06. The fourth-order valence-corrected chi connectivity index (χ4v) is 4.47.